The maximum atomic E-state index is 13.0. The molecule has 29 heavy (non-hydrogen) atoms. The first kappa shape index (κ1) is 20.6. The highest BCUT2D eigenvalue weighted by atomic mass is 32.2. The van der Waals surface area contributed by atoms with Crippen LogP contribution >= 0.6 is 0 Å². The summed E-state index contributed by atoms with van der Waals surface area (Å²) in [6.45, 7) is 1.77. The van der Waals surface area contributed by atoms with Crippen LogP contribution in [0.2, 0.25) is 0 Å². The molecule has 3 fully saturated rings. The molecule has 0 spiro atoms. The van der Waals surface area contributed by atoms with Gasteiger partial charge in [0.05, 0.1) is 0 Å². The van der Waals surface area contributed by atoms with Gasteiger partial charge in [-0.05, 0) is 56.2 Å². The van der Waals surface area contributed by atoms with Crippen LogP contribution in [0.1, 0.15) is 48.9 Å². The summed E-state index contributed by atoms with van der Waals surface area (Å²) in [6.07, 6.45) is 5.97. The summed E-state index contributed by atoms with van der Waals surface area (Å²) < 4.78 is 33.3. The van der Waals surface area contributed by atoms with Crippen molar-refractivity contribution in [1.29, 1.82) is 0 Å². The van der Waals surface area contributed by atoms with Crippen molar-refractivity contribution in [1.82, 2.24) is 13.5 Å². The summed E-state index contributed by atoms with van der Waals surface area (Å²) in [5, 5.41) is 0. The SMILES string of the molecule is CN(C)S(=O)(=O)N1CCC(Oc2cccc(C(=O)N3C[C@@H]4CCC[C@H]3C4)c2)CC1. The van der Waals surface area contributed by atoms with Crippen LogP contribution in [-0.4, -0.2) is 73.7 Å². The number of hydrogen-bond acceptors (Lipinski definition) is 4. The van der Waals surface area contributed by atoms with Gasteiger partial charge in [0, 0.05) is 45.3 Å². The molecule has 4 rings (SSSR count). The zero-order chi connectivity index (χ0) is 20.6. The standard InChI is InChI=1S/C21H31N3O4S/c1-22(2)29(26,27)23-11-9-19(10-12-23)28-20-8-4-6-17(14-20)21(25)24-15-16-5-3-7-18(24)13-16/h4,6,8,14,16,18-19H,3,5,7,9-13,15H2,1-2H3/t16-,18+/m1/s1. The first-order valence-corrected chi connectivity index (χ1v) is 12.0. The lowest BCUT2D eigenvalue weighted by Gasteiger charge is -2.33. The summed E-state index contributed by atoms with van der Waals surface area (Å²) in [7, 11) is -0.270. The molecule has 1 aliphatic carbocycles. The summed E-state index contributed by atoms with van der Waals surface area (Å²) in [5.41, 5.74) is 0.683. The molecule has 0 aromatic heterocycles. The van der Waals surface area contributed by atoms with E-state index in [1.165, 1.54) is 21.5 Å². The molecular weight excluding hydrogens is 390 g/mol. The molecule has 1 aromatic carbocycles. The fourth-order valence-electron chi connectivity index (χ4n) is 4.86. The average Bonchev–Trinajstić information content (AvgIpc) is 3.01. The number of hydrogen-bond donors (Lipinski definition) is 0. The van der Waals surface area contributed by atoms with Crippen LogP contribution in [0.5, 0.6) is 5.75 Å². The summed E-state index contributed by atoms with van der Waals surface area (Å²) in [5.74, 6) is 1.46. The predicted octanol–water partition coefficient (Wildman–Crippen LogP) is 2.35. The van der Waals surface area contributed by atoms with Crippen LogP contribution in [0.25, 0.3) is 0 Å². The second-order valence-corrected chi connectivity index (χ2v) is 10.8. The van der Waals surface area contributed by atoms with E-state index >= 15 is 0 Å². The number of fused-ring (bicyclic) bond motifs is 2. The molecule has 8 heteroatoms. The number of likely N-dealkylation sites (tertiary alicyclic amines) is 1. The lowest BCUT2D eigenvalue weighted by Crippen LogP contribution is -2.46. The van der Waals surface area contributed by atoms with Crippen molar-refractivity contribution >= 4 is 16.1 Å². The molecule has 3 aliphatic rings. The molecular formula is C21H31N3O4S. The molecule has 1 saturated carbocycles. The van der Waals surface area contributed by atoms with Gasteiger partial charge in [-0.2, -0.15) is 17.0 Å². The van der Waals surface area contributed by atoms with Gasteiger partial charge >= 0.3 is 0 Å². The van der Waals surface area contributed by atoms with E-state index < -0.39 is 10.2 Å². The fourth-order valence-corrected chi connectivity index (χ4v) is 5.99. The molecule has 1 aromatic rings. The van der Waals surface area contributed by atoms with Gasteiger partial charge in [-0.15, -0.1) is 0 Å². The number of nitrogens with zero attached hydrogens (tertiary/aromatic N) is 3. The van der Waals surface area contributed by atoms with Gasteiger partial charge in [-0.3, -0.25) is 4.79 Å². The molecule has 0 unspecified atom stereocenters. The second kappa shape index (κ2) is 8.24. The number of amides is 1. The third kappa shape index (κ3) is 4.29. The van der Waals surface area contributed by atoms with E-state index in [4.69, 9.17) is 4.74 Å². The molecule has 0 radical (unpaired) electrons. The van der Waals surface area contributed by atoms with Crippen molar-refractivity contribution in [3.63, 3.8) is 0 Å². The molecule has 0 N–H and O–H groups in total. The van der Waals surface area contributed by atoms with Crippen LogP contribution < -0.4 is 4.74 Å². The Morgan fingerprint density at radius 2 is 1.90 bits per heavy atom. The Balaban J connectivity index is 1.37. The Labute approximate surface area is 173 Å². The average molecular weight is 422 g/mol. The first-order valence-electron chi connectivity index (χ1n) is 10.6. The topological polar surface area (TPSA) is 70.2 Å². The summed E-state index contributed by atoms with van der Waals surface area (Å²) in [4.78, 5) is 15.1. The Morgan fingerprint density at radius 3 is 2.59 bits per heavy atom. The Hall–Kier alpha value is -1.64. The fraction of sp³-hybridized carbons (Fsp3) is 0.667. The van der Waals surface area contributed by atoms with E-state index in [9.17, 15) is 13.2 Å². The normalized spacial score (nSPS) is 26.1. The number of carbonyl (C=O) groups excluding carboxylic acids is 1. The van der Waals surface area contributed by atoms with Crippen LogP contribution in [-0.2, 0) is 10.2 Å². The molecule has 2 atom stereocenters. The number of benzene rings is 1. The highest BCUT2D eigenvalue weighted by Crippen LogP contribution is 2.36. The summed E-state index contributed by atoms with van der Waals surface area (Å²) >= 11 is 0. The smallest absolute Gasteiger partial charge is 0.281 e. The number of carbonyl (C=O) groups is 1. The zero-order valence-corrected chi connectivity index (χ0v) is 18.1. The van der Waals surface area contributed by atoms with E-state index in [0.29, 0.717) is 49.2 Å². The van der Waals surface area contributed by atoms with Gasteiger partial charge < -0.3 is 9.64 Å². The van der Waals surface area contributed by atoms with Crippen LogP contribution in [0.15, 0.2) is 24.3 Å². The summed E-state index contributed by atoms with van der Waals surface area (Å²) in [6, 6.07) is 7.85. The van der Waals surface area contributed by atoms with E-state index in [1.54, 1.807) is 14.1 Å². The minimum Gasteiger partial charge on any atom is -0.490 e. The number of rotatable bonds is 5. The van der Waals surface area contributed by atoms with Gasteiger partial charge in [0.15, 0.2) is 0 Å². The minimum atomic E-state index is -3.37. The van der Waals surface area contributed by atoms with Crippen molar-refractivity contribution in [2.45, 2.75) is 50.7 Å². The maximum Gasteiger partial charge on any atom is 0.281 e. The van der Waals surface area contributed by atoms with Gasteiger partial charge in [0.25, 0.3) is 16.1 Å². The van der Waals surface area contributed by atoms with E-state index in [-0.39, 0.29) is 12.0 Å². The number of ether oxygens (including phenoxy) is 1. The van der Waals surface area contributed by atoms with Crippen molar-refractivity contribution in [2.75, 3.05) is 33.7 Å². The second-order valence-electron chi connectivity index (χ2n) is 8.68. The van der Waals surface area contributed by atoms with Crippen molar-refractivity contribution < 1.29 is 17.9 Å². The van der Waals surface area contributed by atoms with Gasteiger partial charge in [-0.25, -0.2) is 0 Å². The molecule has 160 valence electrons. The van der Waals surface area contributed by atoms with Crippen molar-refractivity contribution in [3.05, 3.63) is 29.8 Å². The monoisotopic (exact) mass is 421 g/mol. The lowest BCUT2D eigenvalue weighted by molar-refractivity contribution is 0.0731. The Kier molecular flexibility index (Phi) is 5.86. The third-order valence-corrected chi connectivity index (χ3v) is 8.42. The van der Waals surface area contributed by atoms with Crippen molar-refractivity contribution in [2.24, 2.45) is 5.92 Å². The molecule has 2 aliphatic heterocycles. The van der Waals surface area contributed by atoms with Crippen molar-refractivity contribution in [3.8, 4) is 5.75 Å². The Bertz CT molecular complexity index is 849. The lowest BCUT2D eigenvalue weighted by atomic mass is 9.90. The first-order chi connectivity index (χ1) is 13.8. The van der Waals surface area contributed by atoms with E-state index in [0.717, 1.165) is 19.4 Å². The molecule has 7 nitrogen and oxygen atoms in total. The van der Waals surface area contributed by atoms with Crippen LogP contribution in [0.3, 0.4) is 0 Å². The van der Waals surface area contributed by atoms with Gasteiger partial charge in [0.1, 0.15) is 11.9 Å². The highest BCUT2D eigenvalue weighted by molar-refractivity contribution is 7.86. The zero-order valence-electron chi connectivity index (χ0n) is 17.3. The van der Waals surface area contributed by atoms with Gasteiger partial charge in [-0.1, -0.05) is 12.5 Å². The molecule has 2 heterocycles. The molecule has 2 bridgehead atoms. The van der Waals surface area contributed by atoms with E-state index in [2.05, 4.69) is 4.90 Å². The predicted molar refractivity (Wildman–Crippen MR) is 111 cm³/mol. The van der Waals surface area contributed by atoms with Crippen LogP contribution in [0, 0.1) is 5.92 Å². The highest BCUT2D eigenvalue weighted by Gasteiger charge is 2.38. The maximum absolute atomic E-state index is 13.0. The largest absolute Gasteiger partial charge is 0.490 e. The third-order valence-electron chi connectivity index (χ3n) is 6.48. The molecule has 1 amide bonds. The quantitative estimate of drug-likeness (QED) is 0.732. The number of piperidine rings is 1. The molecule has 2 saturated heterocycles. The van der Waals surface area contributed by atoms with Crippen LogP contribution in [0.4, 0.5) is 0 Å². The minimum absolute atomic E-state index is 0.0417. The van der Waals surface area contributed by atoms with E-state index in [1.807, 2.05) is 24.3 Å². The Morgan fingerprint density at radius 1 is 1.14 bits per heavy atom. The van der Waals surface area contributed by atoms with Gasteiger partial charge in [0.2, 0.25) is 0 Å².